The summed E-state index contributed by atoms with van der Waals surface area (Å²) in [5.41, 5.74) is 11.0. The fraction of sp³-hybridized carbons (Fsp3) is 0.300. The van der Waals surface area contributed by atoms with Crippen LogP contribution in [0.4, 0.5) is 0 Å². The average molecular weight is 263 g/mol. The summed E-state index contributed by atoms with van der Waals surface area (Å²) in [7, 11) is 0. The van der Waals surface area contributed by atoms with Gasteiger partial charge in [0, 0.05) is 4.90 Å². The lowest BCUT2D eigenvalue weighted by Gasteiger charge is -2.16. The van der Waals surface area contributed by atoms with E-state index in [1.807, 2.05) is 18.4 Å². The number of nitrogens with two attached hydrogens (primary N) is 2. The van der Waals surface area contributed by atoms with Crippen LogP contribution >= 0.6 is 24.2 Å². The van der Waals surface area contributed by atoms with Gasteiger partial charge in [-0.1, -0.05) is 12.1 Å². The van der Waals surface area contributed by atoms with Crippen LogP contribution in [0.15, 0.2) is 29.2 Å². The van der Waals surface area contributed by atoms with Gasteiger partial charge in [-0.15, -0.1) is 24.2 Å². The van der Waals surface area contributed by atoms with Crippen LogP contribution in [-0.4, -0.2) is 23.3 Å². The van der Waals surface area contributed by atoms with Crippen molar-refractivity contribution in [2.24, 2.45) is 11.5 Å². The number of hydrogen-bond acceptors (Lipinski definition) is 4. The van der Waals surface area contributed by atoms with E-state index in [2.05, 4.69) is 0 Å². The molecule has 0 saturated heterocycles. The van der Waals surface area contributed by atoms with Crippen molar-refractivity contribution in [3.8, 4) is 0 Å². The van der Waals surface area contributed by atoms with Crippen molar-refractivity contribution in [2.45, 2.75) is 17.0 Å². The molecule has 0 fully saturated rings. The predicted molar refractivity (Wildman–Crippen MR) is 67.6 cm³/mol. The van der Waals surface area contributed by atoms with Crippen molar-refractivity contribution in [3.63, 3.8) is 0 Å². The Labute approximate surface area is 105 Å². The standard InChI is InChI=1S/C10H14N2O2S.ClH/c1-15-7-4-2-6(3-5-7)9(13)8(11)10(12)14;/h2-5,8-9,13H,11H2,1H3,(H2,12,14);1H. The molecule has 0 saturated carbocycles. The Hall–Kier alpha value is -0.750. The highest BCUT2D eigenvalue weighted by molar-refractivity contribution is 7.98. The van der Waals surface area contributed by atoms with Crippen molar-refractivity contribution in [1.82, 2.24) is 0 Å². The highest BCUT2D eigenvalue weighted by atomic mass is 35.5. The molecule has 4 nitrogen and oxygen atoms in total. The van der Waals surface area contributed by atoms with Gasteiger partial charge in [0.15, 0.2) is 0 Å². The Bertz CT molecular complexity index is 345. The number of carbonyl (C=O) groups is 1. The Balaban J connectivity index is 0.00000225. The molecule has 1 rings (SSSR count). The molecule has 2 atom stereocenters. The Morgan fingerprint density at radius 1 is 1.38 bits per heavy atom. The zero-order valence-corrected chi connectivity index (χ0v) is 10.4. The fourth-order valence-electron chi connectivity index (χ4n) is 1.16. The van der Waals surface area contributed by atoms with Crippen LogP contribution in [-0.2, 0) is 4.79 Å². The van der Waals surface area contributed by atoms with E-state index in [0.717, 1.165) is 4.90 Å². The lowest BCUT2D eigenvalue weighted by Crippen LogP contribution is -2.41. The summed E-state index contributed by atoms with van der Waals surface area (Å²) in [6.07, 6.45) is 0.916. The highest BCUT2D eigenvalue weighted by Gasteiger charge is 2.21. The fourth-order valence-corrected chi connectivity index (χ4v) is 1.57. The van der Waals surface area contributed by atoms with E-state index < -0.39 is 18.1 Å². The van der Waals surface area contributed by atoms with Gasteiger partial charge in [0.25, 0.3) is 0 Å². The van der Waals surface area contributed by atoms with Crippen molar-refractivity contribution in [2.75, 3.05) is 6.26 Å². The van der Waals surface area contributed by atoms with E-state index >= 15 is 0 Å². The highest BCUT2D eigenvalue weighted by Crippen LogP contribution is 2.20. The van der Waals surface area contributed by atoms with Crippen LogP contribution in [0, 0.1) is 0 Å². The van der Waals surface area contributed by atoms with Gasteiger partial charge >= 0.3 is 0 Å². The van der Waals surface area contributed by atoms with Crippen LogP contribution in [0.3, 0.4) is 0 Å². The third kappa shape index (κ3) is 3.68. The minimum Gasteiger partial charge on any atom is -0.386 e. The molecule has 0 aliphatic heterocycles. The first-order valence-corrected chi connectivity index (χ1v) is 5.65. The smallest absolute Gasteiger partial charge is 0.237 e. The SMILES string of the molecule is CSc1ccc(C(O)C(N)C(N)=O)cc1.Cl. The Morgan fingerprint density at radius 2 is 1.88 bits per heavy atom. The van der Waals surface area contributed by atoms with Gasteiger partial charge in [-0.25, -0.2) is 0 Å². The van der Waals surface area contributed by atoms with Crippen molar-refractivity contribution >= 4 is 30.1 Å². The first kappa shape index (κ1) is 15.2. The molecule has 0 bridgehead atoms. The van der Waals surface area contributed by atoms with Gasteiger partial charge < -0.3 is 16.6 Å². The summed E-state index contributed by atoms with van der Waals surface area (Å²) < 4.78 is 0. The molecule has 0 aliphatic carbocycles. The molecule has 5 N–H and O–H groups in total. The number of aliphatic hydroxyl groups is 1. The molecule has 0 aromatic heterocycles. The second-order valence-corrected chi connectivity index (χ2v) is 4.03. The molecular formula is C10H15ClN2O2S. The number of rotatable bonds is 4. The number of hydrogen-bond donors (Lipinski definition) is 3. The van der Waals surface area contributed by atoms with Crippen LogP contribution in [0.25, 0.3) is 0 Å². The third-order valence-corrected chi connectivity index (χ3v) is 2.87. The largest absolute Gasteiger partial charge is 0.386 e. The molecule has 1 amide bonds. The summed E-state index contributed by atoms with van der Waals surface area (Å²) >= 11 is 1.60. The summed E-state index contributed by atoms with van der Waals surface area (Å²) in [6.45, 7) is 0. The van der Waals surface area contributed by atoms with Crippen molar-refractivity contribution in [3.05, 3.63) is 29.8 Å². The number of thioether (sulfide) groups is 1. The number of carbonyl (C=O) groups excluding carboxylic acids is 1. The minimum atomic E-state index is -1.06. The van der Waals surface area contributed by atoms with Crippen LogP contribution in [0.2, 0.25) is 0 Å². The summed E-state index contributed by atoms with van der Waals surface area (Å²) in [6, 6.07) is 6.12. The lowest BCUT2D eigenvalue weighted by atomic mass is 10.0. The number of aliphatic hydroxyl groups excluding tert-OH is 1. The maximum absolute atomic E-state index is 10.8. The van der Waals surface area contributed by atoms with E-state index in [9.17, 15) is 9.90 Å². The van der Waals surface area contributed by atoms with E-state index in [1.54, 1.807) is 23.9 Å². The molecule has 2 unspecified atom stereocenters. The third-order valence-electron chi connectivity index (χ3n) is 2.13. The Morgan fingerprint density at radius 3 is 2.25 bits per heavy atom. The second-order valence-electron chi connectivity index (χ2n) is 3.15. The van der Waals surface area contributed by atoms with Crippen molar-refractivity contribution < 1.29 is 9.90 Å². The van der Waals surface area contributed by atoms with E-state index in [0.29, 0.717) is 5.56 Å². The quantitative estimate of drug-likeness (QED) is 0.696. The molecule has 0 spiro atoms. The zero-order valence-electron chi connectivity index (χ0n) is 8.79. The van der Waals surface area contributed by atoms with Crippen LogP contribution < -0.4 is 11.5 Å². The average Bonchev–Trinajstić information content (AvgIpc) is 2.27. The molecule has 0 heterocycles. The zero-order chi connectivity index (χ0) is 11.4. The van der Waals surface area contributed by atoms with Gasteiger partial charge in [-0.3, -0.25) is 4.79 Å². The van der Waals surface area contributed by atoms with Gasteiger partial charge in [-0.05, 0) is 24.0 Å². The second kappa shape index (κ2) is 6.75. The normalized spacial score (nSPS) is 13.7. The van der Waals surface area contributed by atoms with E-state index in [4.69, 9.17) is 11.5 Å². The number of halogens is 1. The first-order chi connectivity index (χ1) is 7.06. The molecule has 90 valence electrons. The first-order valence-electron chi connectivity index (χ1n) is 4.43. The molecule has 1 aromatic carbocycles. The van der Waals surface area contributed by atoms with E-state index in [1.165, 1.54) is 0 Å². The van der Waals surface area contributed by atoms with Crippen LogP contribution in [0.5, 0.6) is 0 Å². The number of benzene rings is 1. The molecular weight excluding hydrogens is 248 g/mol. The summed E-state index contributed by atoms with van der Waals surface area (Å²) in [4.78, 5) is 11.9. The van der Waals surface area contributed by atoms with Crippen molar-refractivity contribution in [1.29, 1.82) is 0 Å². The topological polar surface area (TPSA) is 89.3 Å². The molecule has 6 heteroatoms. The molecule has 1 aromatic rings. The number of primary amides is 1. The predicted octanol–water partition coefficient (Wildman–Crippen LogP) is 0.676. The van der Waals surface area contributed by atoms with Crippen LogP contribution in [0.1, 0.15) is 11.7 Å². The Kier molecular flexibility index (Phi) is 6.43. The van der Waals surface area contributed by atoms with Gasteiger partial charge in [-0.2, -0.15) is 0 Å². The summed E-state index contributed by atoms with van der Waals surface area (Å²) in [5.74, 6) is -0.712. The minimum absolute atomic E-state index is 0. The molecule has 16 heavy (non-hydrogen) atoms. The lowest BCUT2D eigenvalue weighted by molar-refractivity contribution is -0.121. The summed E-state index contributed by atoms with van der Waals surface area (Å²) in [5, 5.41) is 9.69. The maximum Gasteiger partial charge on any atom is 0.237 e. The van der Waals surface area contributed by atoms with Gasteiger partial charge in [0.1, 0.15) is 12.1 Å². The van der Waals surface area contributed by atoms with Gasteiger partial charge in [0.05, 0.1) is 0 Å². The molecule has 0 aliphatic rings. The van der Waals surface area contributed by atoms with E-state index in [-0.39, 0.29) is 12.4 Å². The number of amides is 1. The molecule has 0 radical (unpaired) electrons. The maximum atomic E-state index is 10.8. The van der Waals surface area contributed by atoms with Gasteiger partial charge in [0.2, 0.25) is 5.91 Å². The monoisotopic (exact) mass is 262 g/mol.